The second-order valence-electron chi connectivity index (χ2n) is 5.26. The number of carbonyl (C=O) groups is 1. The number of nitrogens with zero attached hydrogens (tertiary/aromatic N) is 4. The zero-order valence-corrected chi connectivity index (χ0v) is 10.8. The number of hydrogen-bond acceptors (Lipinski definition) is 4. The van der Waals surface area contributed by atoms with Gasteiger partial charge in [0.1, 0.15) is 5.52 Å². The molecular formula is C13H16N4O2. The lowest BCUT2D eigenvalue weighted by atomic mass is 9.80. The van der Waals surface area contributed by atoms with Gasteiger partial charge < -0.3 is 10.0 Å². The maximum absolute atomic E-state index is 11.2. The molecule has 2 aromatic heterocycles. The number of hydrogen-bond donors (Lipinski definition) is 1. The maximum atomic E-state index is 11.2. The van der Waals surface area contributed by atoms with E-state index in [0.717, 1.165) is 11.3 Å². The molecule has 1 aliphatic heterocycles. The summed E-state index contributed by atoms with van der Waals surface area (Å²) in [5.74, 6) is 0.176. The summed E-state index contributed by atoms with van der Waals surface area (Å²) >= 11 is 0. The SMILES string of the molecule is CC1(C(=O)O)CCN(c2nccn3nccc23)CC1. The highest BCUT2D eigenvalue weighted by molar-refractivity contribution is 5.75. The molecule has 0 saturated carbocycles. The fourth-order valence-electron chi connectivity index (χ4n) is 2.51. The molecule has 6 heteroatoms. The number of fused-ring (bicyclic) bond motifs is 1. The van der Waals surface area contributed by atoms with E-state index in [0.29, 0.717) is 25.9 Å². The van der Waals surface area contributed by atoms with Crippen LogP contribution in [0.15, 0.2) is 24.7 Å². The van der Waals surface area contributed by atoms with Gasteiger partial charge in [0.15, 0.2) is 5.82 Å². The minimum atomic E-state index is -0.706. The number of carboxylic acids is 1. The fraction of sp³-hybridized carbons (Fsp3) is 0.462. The van der Waals surface area contributed by atoms with Crippen LogP contribution in [0.25, 0.3) is 5.52 Å². The predicted octanol–water partition coefficient (Wildman–Crippen LogP) is 1.42. The minimum absolute atomic E-state index is 0.609. The average molecular weight is 260 g/mol. The van der Waals surface area contributed by atoms with E-state index in [-0.39, 0.29) is 0 Å². The molecule has 100 valence electrons. The van der Waals surface area contributed by atoms with Crippen LogP contribution in [0.5, 0.6) is 0 Å². The number of piperidine rings is 1. The van der Waals surface area contributed by atoms with Crippen molar-refractivity contribution >= 4 is 17.3 Å². The van der Waals surface area contributed by atoms with E-state index in [2.05, 4.69) is 15.0 Å². The Labute approximate surface area is 110 Å². The highest BCUT2D eigenvalue weighted by atomic mass is 16.4. The Balaban J connectivity index is 1.86. The van der Waals surface area contributed by atoms with Crippen molar-refractivity contribution in [1.29, 1.82) is 0 Å². The van der Waals surface area contributed by atoms with Gasteiger partial charge in [0, 0.05) is 25.5 Å². The molecule has 0 unspecified atom stereocenters. The summed E-state index contributed by atoms with van der Waals surface area (Å²) in [6, 6.07) is 1.92. The summed E-state index contributed by atoms with van der Waals surface area (Å²) in [7, 11) is 0. The van der Waals surface area contributed by atoms with Gasteiger partial charge in [-0.3, -0.25) is 4.79 Å². The zero-order chi connectivity index (χ0) is 13.5. The third-order valence-corrected chi connectivity index (χ3v) is 3.99. The van der Waals surface area contributed by atoms with Gasteiger partial charge in [-0.05, 0) is 25.8 Å². The van der Waals surface area contributed by atoms with Gasteiger partial charge in [-0.2, -0.15) is 5.10 Å². The Kier molecular flexibility index (Phi) is 2.66. The molecule has 1 aliphatic rings. The van der Waals surface area contributed by atoms with Crippen molar-refractivity contribution in [2.75, 3.05) is 18.0 Å². The summed E-state index contributed by atoms with van der Waals surface area (Å²) in [5.41, 5.74) is 0.350. The topological polar surface area (TPSA) is 70.7 Å². The largest absolute Gasteiger partial charge is 0.481 e. The van der Waals surface area contributed by atoms with Crippen molar-refractivity contribution in [2.24, 2.45) is 5.41 Å². The van der Waals surface area contributed by atoms with Gasteiger partial charge in [0.2, 0.25) is 0 Å². The fourth-order valence-corrected chi connectivity index (χ4v) is 2.51. The molecule has 3 heterocycles. The maximum Gasteiger partial charge on any atom is 0.309 e. The number of aromatic nitrogens is 3. The molecule has 1 N–H and O–H groups in total. The van der Waals surface area contributed by atoms with E-state index < -0.39 is 11.4 Å². The quantitative estimate of drug-likeness (QED) is 0.884. The Morgan fingerprint density at radius 1 is 1.37 bits per heavy atom. The number of carboxylic acid groups (broad SMARTS) is 1. The lowest BCUT2D eigenvalue weighted by molar-refractivity contribution is -0.149. The van der Waals surface area contributed by atoms with Crippen molar-refractivity contribution in [2.45, 2.75) is 19.8 Å². The lowest BCUT2D eigenvalue weighted by Crippen LogP contribution is -2.43. The summed E-state index contributed by atoms with van der Waals surface area (Å²) in [6.45, 7) is 3.24. The first-order chi connectivity index (χ1) is 9.10. The van der Waals surface area contributed by atoms with Crippen molar-refractivity contribution in [1.82, 2.24) is 14.6 Å². The van der Waals surface area contributed by atoms with E-state index in [4.69, 9.17) is 0 Å². The van der Waals surface area contributed by atoms with Crippen LogP contribution in [0, 0.1) is 5.41 Å². The van der Waals surface area contributed by atoms with Crippen LogP contribution in [-0.4, -0.2) is 38.8 Å². The molecule has 19 heavy (non-hydrogen) atoms. The predicted molar refractivity (Wildman–Crippen MR) is 70.2 cm³/mol. The molecule has 2 aromatic rings. The van der Waals surface area contributed by atoms with Gasteiger partial charge in [-0.1, -0.05) is 0 Å². The van der Waals surface area contributed by atoms with Gasteiger partial charge >= 0.3 is 5.97 Å². The first kappa shape index (κ1) is 12.0. The summed E-state index contributed by atoms with van der Waals surface area (Å²) in [6.07, 6.45) is 6.55. The van der Waals surface area contributed by atoms with E-state index in [1.807, 2.05) is 19.2 Å². The molecular weight excluding hydrogens is 244 g/mol. The molecule has 6 nitrogen and oxygen atoms in total. The standard InChI is InChI=1S/C13H16N4O2/c1-13(12(18)19)3-7-16(8-4-13)11-10-2-5-15-17(10)9-6-14-11/h2,5-6,9H,3-4,7-8H2,1H3,(H,18,19). The lowest BCUT2D eigenvalue weighted by Gasteiger charge is -2.37. The van der Waals surface area contributed by atoms with Gasteiger partial charge in [-0.15, -0.1) is 0 Å². The highest BCUT2D eigenvalue weighted by Gasteiger charge is 2.37. The van der Waals surface area contributed by atoms with Crippen molar-refractivity contribution in [3.05, 3.63) is 24.7 Å². The first-order valence-corrected chi connectivity index (χ1v) is 6.37. The van der Waals surface area contributed by atoms with Crippen LogP contribution >= 0.6 is 0 Å². The number of rotatable bonds is 2. The van der Waals surface area contributed by atoms with Gasteiger partial charge in [-0.25, -0.2) is 9.50 Å². The molecule has 0 amide bonds. The van der Waals surface area contributed by atoms with E-state index in [1.165, 1.54) is 0 Å². The normalized spacial score (nSPS) is 18.7. The Morgan fingerprint density at radius 3 is 2.79 bits per heavy atom. The molecule has 0 aliphatic carbocycles. The molecule has 0 aromatic carbocycles. The van der Waals surface area contributed by atoms with Crippen LogP contribution in [0.4, 0.5) is 5.82 Å². The monoisotopic (exact) mass is 260 g/mol. The van der Waals surface area contributed by atoms with Crippen LogP contribution in [0.3, 0.4) is 0 Å². The summed E-state index contributed by atoms with van der Waals surface area (Å²) in [5, 5.41) is 13.4. The zero-order valence-electron chi connectivity index (χ0n) is 10.8. The second-order valence-corrected chi connectivity index (χ2v) is 5.26. The highest BCUT2D eigenvalue weighted by Crippen LogP contribution is 2.33. The first-order valence-electron chi connectivity index (χ1n) is 6.37. The smallest absolute Gasteiger partial charge is 0.309 e. The van der Waals surface area contributed by atoms with E-state index in [9.17, 15) is 9.90 Å². The molecule has 1 fully saturated rings. The Bertz CT molecular complexity index is 614. The van der Waals surface area contributed by atoms with Crippen LogP contribution in [0.2, 0.25) is 0 Å². The molecule has 1 saturated heterocycles. The van der Waals surface area contributed by atoms with Gasteiger partial charge in [0.25, 0.3) is 0 Å². The third-order valence-electron chi connectivity index (χ3n) is 3.99. The van der Waals surface area contributed by atoms with Crippen molar-refractivity contribution in [3.63, 3.8) is 0 Å². The Morgan fingerprint density at radius 2 is 2.11 bits per heavy atom. The molecule has 0 radical (unpaired) electrons. The van der Waals surface area contributed by atoms with Gasteiger partial charge in [0.05, 0.1) is 11.6 Å². The Hall–Kier alpha value is -2.11. The van der Waals surface area contributed by atoms with Crippen LogP contribution in [0.1, 0.15) is 19.8 Å². The molecule has 3 rings (SSSR count). The molecule has 0 atom stereocenters. The van der Waals surface area contributed by atoms with E-state index >= 15 is 0 Å². The van der Waals surface area contributed by atoms with E-state index in [1.54, 1.807) is 16.9 Å². The third kappa shape index (κ3) is 1.93. The molecule has 0 bridgehead atoms. The second kappa shape index (κ2) is 4.22. The summed E-state index contributed by atoms with van der Waals surface area (Å²) in [4.78, 5) is 17.8. The number of aliphatic carboxylic acids is 1. The van der Waals surface area contributed by atoms with Crippen LogP contribution in [-0.2, 0) is 4.79 Å². The number of anilines is 1. The average Bonchev–Trinajstić information content (AvgIpc) is 2.87. The van der Waals surface area contributed by atoms with Crippen molar-refractivity contribution < 1.29 is 9.90 Å². The van der Waals surface area contributed by atoms with Crippen LogP contribution < -0.4 is 4.90 Å². The minimum Gasteiger partial charge on any atom is -0.481 e. The molecule has 0 spiro atoms. The van der Waals surface area contributed by atoms with Crippen molar-refractivity contribution in [3.8, 4) is 0 Å². The summed E-state index contributed by atoms with van der Waals surface area (Å²) < 4.78 is 1.79.